The maximum atomic E-state index is 12.7. The fraction of sp³-hybridized carbons (Fsp3) is 0.421. The quantitative estimate of drug-likeness (QED) is 0.900. The van der Waals surface area contributed by atoms with E-state index in [9.17, 15) is 4.79 Å². The molecule has 0 spiro atoms. The second-order valence-electron chi connectivity index (χ2n) is 6.19. The van der Waals surface area contributed by atoms with E-state index in [1.165, 1.54) is 6.42 Å². The molecule has 1 atom stereocenters. The number of anilines is 2. The van der Waals surface area contributed by atoms with Crippen LogP contribution in [0.1, 0.15) is 43.1 Å². The highest BCUT2D eigenvalue weighted by Crippen LogP contribution is 2.26. The standard InChI is InChI=1S/C19H24N4O2/c1-3-14-8-6-7-13-23(14)19(24)16-11-12-18(22-21-16)20-15-9-4-5-10-17(15)25-2/h4-5,9-12,14H,3,6-8,13H2,1-2H3,(H,20,22). The molecule has 1 fully saturated rings. The lowest BCUT2D eigenvalue weighted by atomic mass is 9.99. The molecule has 1 amide bonds. The first-order valence-electron chi connectivity index (χ1n) is 8.77. The molecule has 0 radical (unpaired) electrons. The van der Waals surface area contributed by atoms with Gasteiger partial charge in [-0.1, -0.05) is 19.1 Å². The van der Waals surface area contributed by atoms with E-state index in [0.717, 1.165) is 37.2 Å². The number of nitrogens with one attached hydrogen (secondary N) is 1. The van der Waals surface area contributed by atoms with Gasteiger partial charge in [0, 0.05) is 12.6 Å². The minimum absolute atomic E-state index is 0.0251. The highest BCUT2D eigenvalue weighted by molar-refractivity contribution is 5.92. The summed E-state index contributed by atoms with van der Waals surface area (Å²) in [6, 6.07) is 11.4. The molecule has 1 aliphatic heterocycles. The molecule has 0 saturated carbocycles. The Morgan fingerprint density at radius 1 is 1.24 bits per heavy atom. The van der Waals surface area contributed by atoms with E-state index in [1.807, 2.05) is 29.2 Å². The summed E-state index contributed by atoms with van der Waals surface area (Å²) in [4.78, 5) is 14.7. The van der Waals surface area contributed by atoms with Gasteiger partial charge in [-0.05, 0) is 49.9 Å². The van der Waals surface area contributed by atoms with Crippen LogP contribution in [0.2, 0.25) is 0 Å². The van der Waals surface area contributed by atoms with E-state index in [4.69, 9.17) is 4.74 Å². The number of ether oxygens (including phenoxy) is 1. The van der Waals surface area contributed by atoms with Crippen LogP contribution in [0.3, 0.4) is 0 Å². The zero-order valence-electron chi connectivity index (χ0n) is 14.7. The van der Waals surface area contributed by atoms with Crippen molar-refractivity contribution in [2.45, 2.75) is 38.6 Å². The zero-order chi connectivity index (χ0) is 17.6. The third-order valence-electron chi connectivity index (χ3n) is 4.61. The van der Waals surface area contributed by atoms with E-state index in [2.05, 4.69) is 22.4 Å². The summed E-state index contributed by atoms with van der Waals surface area (Å²) >= 11 is 0. The Morgan fingerprint density at radius 2 is 2.08 bits per heavy atom. The highest BCUT2D eigenvalue weighted by Gasteiger charge is 2.27. The van der Waals surface area contributed by atoms with Gasteiger partial charge in [-0.25, -0.2) is 0 Å². The smallest absolute Gasteiger partial charge is 0.274 e. The fourth-order valence-electron chi connectivity index (χ4n) is 3.24. The largest absolute Gasteiger partial charge is 0.495 e. The highest BCUT2D eigenvalue weighted by atomic mass is 16.5. The number of likely N-dealkylation sites (tertiary alicyclic amines) is 1. The predicted molar refractivity (Wildman–Crippen MR) is 97.3 cm³/mol. The van der Waals surface area contributed by atoms with Crippen LogP contribution in [-0.2, 0) is 0 Å². The molecule has 6 heteroatoms. The number of methoxy groups -OCH3 is 1. The first kappa shape index (κ1) is 17.2. The number of nitrogens with zero attached hydrogens (tertiary/aromatic N) is 3. The SMILES string of the molecule is CCC1CCCCN1C(=O)c1ccc(Nc2ccccc2OC)nn1. The van der Waals surface area contributed by atoms with Crippen LogP contribution in [0, 0.1) is 0 Å². The number of para-hydroxylation sites is 2. The Morgan fingerprint density at radius 3 is 2.80 bits per heavy atom. The number of hydrogen-bond acceptors (Lipinski definition) is 5. The number of piperidine rings is 1. The van der Waals surface area contributed by atoms with Crippen molar-refractivity contribution in [1.82, 2.24) is 15.1 Å². The Kier molecular flexibility index (Phi) is 5.48. The van der Waals surface area contributed by atoms with Gasteiger partial charge >= 0.3 is 0 Å². The molecule has 132 valence electrons. The molecule has 1 aromatic carbocycles. The van der Waals surface area contributed by atoms with Gasteiger partial charge in [-0.3, -0.25) is 4.79 Å². The number of carbonyl (C=O) groups is 1. The predicted octanol–water partition coefficient (Wildman–Crippen LogP) is 3.63. The lowest BCUT2D eigenvalue weighted by Gasteiger charge is -2.34. The molecule has 2 heterocycles. The van der Waals surface area contributed by atoms with E-state index >= 15 is 0 Å². The molecular weight excluding hydrogens is 316 g/mol. The summed E-state index contributed by atoms with van der Waals surface area (Å²) < 4.78 is 5.31. The Labute approximate surface area is 148 Å². The normalized spacial score (nSPS) is 17.2. The molecule has 3 rings (SSSR count). The van der Waals surface area contributed by atoms with E-state index < -0.39 is 0 Å². The van der Waals surface area contributed by atoms with Crippen LogP contribution in [0.25, 0.3) is 0 Å². The topological polar surface area (TPSA) is 67.4 Å². The van der Waals surface area contributed by atoms with Crippen molar-refractivity contribution in [1.29, 1.82) is 0 Å². The maximum Gasteiger partial charge on any atom is 0.274 e. The maximum absolute atomic E-state index is 12.7. The van der Waals surface area contributed by atoms with Crippen LogP contribution < -0.4 is 10.1 Å². The Balaban J connectivity index is 1.72. The van der Waals surface area contributed by atoms with E-state index in [1.54, 1.807) is 19.2 Å². The van der Waals surface area contributed by atoms with Gasteiger partial charge in [0.2, 0.25) is 0 Å². The molecule has 1 N–H and O–H groups in total. The molecule has 25 heavy (non-hydrogen) atoms. The third-order valence-corrected chi connectivity index (χ3v) is 4.61. The van der Waals surface area contributed by atoms with E-state index in [-0.39, 0.29) is 5.91 Å². The minimum Gasteiger partial charge on any atom is -0.495 e. The van der Waals surface area contributed by atoms with Gasteiger partial charge in [0.1, 0.15) is 5.75 Å². The molecule has 2 aromatic rings. The van der Waals surface area contributed by atoms with Crippen molar-refractivity contribution in [3.63, 3.8) is 0 Å². The summed E-state index contributed by atoms with van der Waals surface area (Å²) in [6.07, 6.45) is 4.30. The first-order chi connectivity index (χ1) is 12.2. The Hall–Kier alpha value is -2.63. The molecular formula is C19H24N4O2. The van der Waals surface area contributed by atoms with Crippen molar-refractivity contribution >= 4 is 17.4 Å². The summed E-state index contributed by atoms with van der Waals surface area (Å²) in [6.45, 7) is 2.93. The lowest BCUT2D eigenvalue weighted by Crippen LogP contribution is -2.43. The summed E-state index contributed by atoms with van der Waals surface area (Å²) in [7, 11) is 1.62. The van der Waals surface area contributed by atoms with Crippen LogP contribution in [0.5, 0.6) is 5.75 Å². The molecule has 1 aromatic heterocycles. The lowest BCUT2D eigenvalue weighted by molar-refractivity contribution is 0.0601. The summed E-state index contributed by atoms with van der Waals surface area (Å²) in [5.74, 6) is 1.28. The first-order valence-corrected chi connectivity index (χ1v) is 8.77. The van der Waals surface area contributed by atoms with Crippen molar-refractivity contribution in [3.8, 4) is 5.75 Å². The van der Waals surface area contributed by atoms with Crippen molar-refractivity contribution < 1.29 is 9.53 Å². The fourth-order valence-corrected chi connectivity index (χ4v) is 3.24. The molecule has 0 bridgehead atoms. The zero-order valence-corrected chi connectivity index (χ0v) is 14.7. The minimum atomic E-state index is -0.0251. The third kappa shape index (κ3) is 3.90. The van der Waals surface area contributed by atoms with Crippen LogP contribution in [-0.4, -0.2) is 40.7 Å². The van der Waals surface area contributed by atoms with Gasteiger partial charge in [-0.2, -0.15) is 0 Å². The monoisotopic (exact) mass is 340 g/mol. The van der Waals surface area contributed by atoms with Gasteiger partial charge in [0.25, 0.3) is 5.91 Å². The Bertz CT molecular complexity index is 718. The van der Waals surface area contributed by atoms with Gasteiger partial charge in [-0.15, -0.1) is 10.2 Å². The van der Waals surface area contributed by atoms with Crippen LogP contribution >= 0.6 is 0 Å². The number of rotatable bonds is 5. The molecule has 6 nitrogen and oxygen atoms in total. The van der Waals surface area contributed by atoms with Gasteiger partial charge < -0.3 is 15.0 Å². The van der Waals surface area contributed by atoms with Gasteiger partial charge in [0.05, 0.1) is 12.8 Å². The summed E-state index contributed by atoms with van der Waals surface area (Å²) in [5.41, 5.74) is 1.20. The average molecular weight is 340 g/mol. The van der Waals surface area contributed by atoms with Crippen molar-refractivity contribution in [2.75, 3.05) is 19.0 Å². The second-order valence-corrected chi connectivity index (χ2v) is 6.19. The summed E-state index contributed by atoms with van der Waals surface area (Å²) in [5, 5.41) is 11.4. The van der Waals surface area contributed by atoms with E-state index in [0.29, 0.717) is 17.6 Å². The molecule has 0 aliphatic carbocycles. The molecule has 1 unspecified atom stereocenters. The number of amides is 1. The van der Waals surface area contributed by atoms with Crippen LogP contribution in [0.15, 0.2) is 36.4 Å². The average Bonchev–Trinajstić information content (AvgIpc) is 2.68. The van der Waals surface area contributed by atoms with Gasteiger partial charge in [0.15, 0.2) is 11.5 Å². The number of aromatic nitrogens is 2. The van der Waals surface area contributed by atoms with Crippen LogP contribution in [0.4, 0.5) is 11.5 Å². The van der Waals surface area contributed by atoms with Crippen molar-refractivity contribution in [3.05, 3.63) is 42.1 Å². The number of benzene rings is 1. The molecule has 1 aliphatic rings. The molecule has 1 saturated heterocycles. The number of carbonyl (C=O) groups excluding carboxylic acids is 1. The second kappa shape index (κ2) is 7.96. The van der Waals surface area contributed by atoms with Crippen molar-refractivity contribution in [2.24, 2.45) is 0 Å². The number of hydrogen-bond donors (Lipinski definition) is 1.